The molecule has 0 spiro atoms. The van der Waals surface area contributed by atoms with Crippen molar-refractivity contribution in [1.82, 2.24) is 0 Å². The van der Waals surface area contributed by atoms with E-state index in [0.717, 1.165) is 30.3 Å². The average molecular weight is 373 g/mol. The van der Waals surface area contributed by atoms with Gasteiger partial charge in [-0.25, -0.2) is 0 Å². The van der Waals surface area contributed by atoms with Crippen LogP contribution in [0.15, 0.2) is 35.7 Å². The minimum Gasteiger partial charge on any atom is -0.486 e. The van der Waals surface area contributed by atoms with Crippen molar-refractivity contribution in [2.45, 2.75) is 25.8 Å². The number of piperidine rings is 1. The summed E-state index contributed by atoms with van der Waals surface area (Å²) in [5.74, 6) is 1.65. The summed E-state index contributed by atoms with van der Waals surface area (Å²) in [6.45, 7) is 4.47. The van der Waals surface area contributed by atoms with Gasteiger partial charge in [-0.15, -0.1) is 11.3 Å². The van der Waals surface area contributed by atoms with Gasteiger partial charge in [-0.2, -0.15) is 0 Å². The fraction of sp³-hybridized carbons (Fsp3) is 0.450. The third kappa shape index (κ3) is 4.02. The minimum atomic E-state index is 0.173. The van der Waals surface area contributed by atoms with Crippen LogP contribution < -0.4 is 19.3 Å². The van der Waals surface area contributed by atoms with E-state index >= 15 is 0 Å². The Balaban J connectivity index is 1.56. The third-order valence-electron chi connectivity index (χ3n) is 4.99. The zero-order chi connectivity index (χ0) is 17.8. The number of anilines is 1. The molecule has 1 saturated heterocycles. The predicted octanol–water partition coefficient (Wildman–Crippen LogP) is 2.12. The molecular formula is C20H25N2O3S+. The first-order valence-electron chi connectivity index (χ1n) is 9.35. The maximum atomic E-state index is 13.1. The first kappa shape index (κ1) is 17.4. The average Bonchev–Trinajstić information content (AvgIpc) is 3.20. The van der Waals surface area contributed by atoms with Gasteiger partial charge in [0.1, 0.15) is 13.2 Å². The van der Waals surface area contributed by atoms with Crippen LogP contribution in [0.4, 0.5) is 5.69 Å². The fourth-order valence-corrected chi connectivity index (χ4v) is 4.31. The van der Waals surface area contributed by atoms with Crippen LogP contribution >= 0.6 is 11.3 Å². The van der Waals surface area contributed by atoms with E-state index in [1.807, 2.05) is 29.2 Å². The van der Waals surface area contributed by atoms with Crippen LogP contribution in [0.2, 0.25) is 0 Å². The number of ether oxygens (including phenoxy) is 2. The summed E-state index contributed by atoms with van der Waals surface area (Å²) in [5, 5.41) is 2.05. The quantitative estimate of drug-likeness (QED) is 0.873. The summed E-state index contributed by atoms with van der Waals surface area (Å²) in [6.07, 6.45) is 3.73. The molecule has 0 unspecified atom stereocenters. The molecule has 1 aromatic carbocycles. The number of hydrogen-bond donors (Lipinski definition) is 1. The number of carbonyl (C=O) groups is 1. The van der Waals surface area contributed by atoms with Crippen LogP contribution in [-0.4, -0.2) is 38.8 Å². The summed E-state index contributed by atoms with van der Waals surface area (Å²) in [6, 6.07) is 9.92. The van der Waals surface area contributed by atoms with Gasteiger partial charge in [-0.3, -0.25) is 4.79 Å². The van der Waals surface area contributed by atoms with E-state index in [1.165, 1.54) is 29.0 Å². The molecule has 138 valence electrons. The second-order valence-electron chi connectivity index (χ2n) is 6.87. The van der Waals surface area contributed by atoms with Crippen LogP contribution in [0.1, 0.15) is 24.1 Å². The number of nitrogens with zero attached hydrogens (tertiary/aromatic N) is 1. The van der Waals surface area contributed by atoms with Gasteiger partial charge in [0.2, 0.25) is 0 Å². The summed E-state index contributed by atoms with van der Waals surface area (Å²) in [5.41, 5.74) is 0.879. The van der Waals surface area contributed by atoms with Crippen molar-refractivity contribution in [3.05, 3.63) is 40.6 Å². The lowest BCUT2D eigenvalue weighted by Gasteiger charge is -2.28. The van der Waals surface area contributed by atoms with E-state index < -0.39 is 0 Å². The molecule has 1 aromatic heterocycles. The molecule has 3 heterocycles. The van der Waals surface area contributed by atoms with Gasteiger partial charge in [-0.1, -0.05) is 6.07 Å². The van der Waals surface area contributed by atoms with Crippen LogP contribution in [-0.2, 0) is 11.3 Å². The van der Waals surface area contributed by atoms with E-state index in [0.29, 0.717) is 26.3 Å². The van der Waals surface area contributed by atoms with Crippen molar-refractivity contribution in [2.24, 2.45) is 0 Å². The van der Waals surface area contributed by atoms with E-state index in [-0.39, 0.29) is 5.91 Å². The molecule has 4 rings (SSSR count). The largest absolute Gasteiger partial charge is 0.486 e. The lowest BCUT2D eigenvalue weighted by molar-refractivity contribution is -0.896. The van der Waals surface area contributed by atoms with Crippen LogP contribution in [0, 0.1) is 0 Å². The van der Waals surface area contributed by atoms with Crippen molar-refractivity contribution < 1.29 is 19.2 Å². The van der Waals surface area contributed by atoms with Crippen LogP contribution in [0.3, 0.4) is 0 Å². The molecule has 6 heteroatoms. The molecule has 26 heavy (non-hydrogen) atoms. The molecule has 0 aliphatic carbocycles. The summed E-state index contributed by atoms with van der Waals surface area (Å²) in [4.78, 5) is 17.6. The lowest BCUT2D eigenvalue weighted by atomic mass is 10.1. The third-order valence-corrected chi connectivity index (χ3v) is 5.86. The topological polar surface area (TPSA) is 43.2 Å². The van der Waals surface area contributed by atoms with Crippen molar-refractivity contribution in [3.63, 3.8) is 0 Å². The zero-order valence-electron chi connectivity index (χ0n) is 14.9. The molecule has 1 amide bonds. The molecule has 1 N–H and O–H groups in total. The molecule has 2 aliphatic heterocycles. The Morgan fingerprint density at radius 3 is 2.65 bits per heavy atom. The monoisotopic (exact) mass is 373 g/mol. The minimum absolute atomic E-state index is 0.173. The number of benzene rings is 1. The van der Waals surface area contributed by atoms with Crippen LogP contribution in [0.5, 0.6) is 11.5 Å². The molecule has 1 fully saturated rings. The van der Waals surface area contributed by atoms with Gasteiger partial charge in [0.15, 0.2) is 18.0 Å². The number of carbonyl (C=O) groups excluding carboxylic acids is 1. The molecule has 0 radical (unpaired) electrons. The zero-order valence-corrected chi connectivity index (χ0v) is 15.7. The number of quaternary nitrogens is 1. The second kappa shape index (κ2) is 8.10. The van der Waals surface area contributed by atoms with Gasteiger partial charge in [0.05, 0.1) is 19.6 Å². The lowest BCUT2D eigenvalue weighted by Crippen LogP contribution is -3.13. The van der Waals surface area contributed by atoms with Crippen LogP contribution in [0.25, 0.3) is 0 Å². The number of likely N-dealkylation sites (tertiary alicyclic amines) is 1. The maximum Gasteiger partial charge on any atom is 0.282 e. The standard InChI is InChI=1S/C20H24N2O3S/c23-20(15-21-8-2-1-3-9-21)22(14-17-5-4-12-26-17)16-6-7-18-19(13-16)25-11-10-24-18/h4-7,12-13H,1-3,8-11,14-15H2/p+1. The second-order valence-corrected chi connectivity index (χ2v) is 7.91. The Labute approximate surface area is 158 Å². The van der Waals surface area contributed by atoms with Gasteiger partial charge < -0.3 is 19.3 Å². The summed E-state index contributed by atoms with van der Waals surface area (Å²) >= 11 is 1.68. The number of amides is 1. The van der Waals surface area contributed by atoms with Gasteiger partial charge in [0, 0.05) is 16.6 Å². The first-order valence-corrected chi connectivity index (χ1v) is 10.2. The maximum absolute atomic E-state index is 13.1. The Hall–Kier alpha value is -2.05. The number of thiophene rings is 1. The summed E-state index contributed by atoms with van der Waals surface area (Å²) < 4.78 is 11.3. The van der Waals surface area contributed by atoms with Gasteiger partial charge in [0.25, 0.3) is 5.91 Å². The highest BCUT2D eigenvalue weighted by Crippen LogP contribution is 2.34. The normalized spacial score (nSPS) is 17.1. The fourth-order valence-electron chi connectivity index (χ4n) is 3.62. The highest BCUT2D eigenvalue weighted by Gasteiger charge is 2.25. The molecule has 5 nitrogen and oxygen atoms in total. The smallest absolute Gasteiger partial charge is 0.282 e. The van der Waals surface area contributed by atoms with E-state index in [1.54, 1.807) is 11.3 Å². The number of hydrogen-bond acceptors (Lipinski definition) is 4. The molecule has 0 atom stereocenters. The molecule has 0 bridgehead atoms. The van der Waals surface area contributed by atoms with Gasteiger partial charge in [-0.05, 0) is 42.8 Å². The Bertz CT molecular complexity index is 742. The molecule has 2 aliphatic rings. The van der Waals surface area contributed by atoms with E-state index in [4.69, 9.17) is 9.47 Å². The highest BCUT2D eigenvalue weighted by molar-refractivity contribution is 7.09. The Morgan fingerprint density at radius 1 is 1.08 bits per heavy atom. The number of rotatable bonds is 5. The van der Waals surface area contributed by atoms with Gasteiger partial charge >= 0.3 is 0 Å². The van der Waals surface area contributed by atoms with Crippen molar-refractivity contribution >= 4 is 22.9 Å². The highest BCUT2D eigenvalue weighted by atomic mass is 32.1. The SMILES string of the molecule is O=C(C[NH+]1CCCCC1)N(Cc1cccs1)c1ccc2c(c1)OCCO2. The number of nitrogens with one attached hydrogen (secondary N) is 1. The van der Waals surface area contributed by atoms with Crippen molar-refractivity contribution in [3.8, 4) is 11.5 Å². The first-order chi connectivity index (χ1) is 12.8. The molecule has 0 saturated carbocycles. The molecule has 2 aromatic rings. The van der Waals surface area contributed by atoms with E-state index in [2.05, 4.69) is 11.4 Å². The Morgan fingerprint density at radius 2 is 1.88 bits per heavy atom. The number of fused-ring (bicyclic) bond motifs is 1. The Kier molecular flexibility index (Phi) is 5.41. The van der Waals surface area contributed by atoms with E-state index in [9.17, 15) is 4.79 Å². The van der Waals surface area contributed by atoms with Crippen molar-refractivity contribution in [1.29, 1.82) is 0 Å². The summed E-state index contributed by atoms with van der Waals surface area (Å²) in [7, 11) is 0. The molecular weight excluding hydrogens is 348 g/mol. The predicted molar refractivity (Wildman–Crippen MR) is 102 cm³/mol. The van der Waals surface area contributed by atoms with Crippen molar-refractivity contribution in [2.75, 3.05) is 37.7 Å².